The average molecular weight is 595 g/mol. The summed E-state index contributed by atoms with van der Waals surface area (Å²) < 4.78 is 7.56. The lowest BCUT2D eigenvalue weighted by molar-refractivity contribution is -0.679. The second-order valence-electron chi connectivity index (χ2n) is 11.7. The number of H-pyrrole nitrogens is 2. The first-order valence-corrected chi connectivity index (χ1v) is 16.4. The first kappa shape index (κ1) is 34.5. The Labute approximate surface area is 259 Å². The molecule has 0 fully saturated rings. The van der Waals surface area contributed by atoms with Crippen molar-refractivity contribution in [2.24, 2.45) is 7.05 Å². The minimum atomic E-state index is -0.0852. The second-order valence-corrected chi connectivity index (χ2v) is 11.7. The molecule has 0 radical (unpaired) electrons. The summed E-state index contributed by atoms with van der Waals surface area (Å²) in [6.07, 6.45) is 14.8. The molecule has 2 N–H and O–H groups in total. The quantitative estimate of drug-likeness (QED) is 0.0892. The minimum Gasteiger partial charge on any atom is -0.466 e. The van der Waals surface area contributed by atoms with E-state index in [-0.39, 0.29) is 5.97 Å². The van der Waals surface area contributed by atoms with Crippen molar-refractivity contribution in [3.05, 3.63) is 71.8 Å². The number of carbonyl (C=O) groups is 1. The van der Waals surface area contributed by atoms with Crippen molar-refractivity contribution in [1.82, 2.24) is 29.7 Å². The van der Waals surface area contributed by atoms with Crippen LogP contribution in [0.4, 0.5) is 0 Å². The second kappa shape index (κ2) is 20.0. The number of unbranched alkanes of at least 4 members (excludes halogenated alkanes) is 2. The molecule has 0 aliphatic heterocycles. The molecule has 3 rings (SSSR count). The highest BCUT2D eigenvalue weighted by molar-refractivity contribution is 5.69. The number of benzene rings is 1. The third-order valence-corrected chi connectivity index (χ3v) is 7.78. The third-order valence-electron chi connectivity index (χ3n) is 7.78. The van der Waals surface area contributed by atoms with Crippen LogP contribution in [0, 0.1) is 0 Å². The topological polar surface area (TPSA) is 84.4 Å². The Kier molecular flexibility index (Phi) is 16.1. The first-order valence-electron chi connectivity index (χ1n) is 16.4. The summed E-state index contributed by atoms with van der Waals surface area (Å²) in [7, 11) is 2.06. The lowest BCUT2D eigenvalue weighted by Crippen LogP contribution is -2.35. The van der Waals surface area contributed by atoms with Crippen molar-refractivity contribution in [2.45, 2.75) is 91.9 Å². The Bertz CT molecular complexity index is 1120. The van der Waals surface area contributed by atoms with Crippen molar-refractivity contribution in [3.8, 4) is 0 Å². The van der Waals surface area contributed by atoms with Crippen LogP contribution in [-0.2, 0) is 42.8 Å². The molecule has 0 spiro atoms. The van der Waals surface area contributed by atoms with E-state index < -0.39 is 0 Å². The van der Waals surface area contributed by atoms with Crippen LogP contribution in [0.3, 0.4) is 0 Å². The molecule has 0 aliphatic carbocycles. The molecule has 9 heteroatoms. The minimum absolute atomic E-state index is 0.0852. The predicted molar refractivity (Wildman–Crippen MR) is 172 cm³/mol. The molecular weight excluding hydrogens is 538 g/mol. The third kappa shape index (κ3) is 13.4. The van der Waals surface area contributed by atoms with E-state index in [1.54, 1.807) is 6.20 Å². The van der Waals surface area contributed by atoms with Crippen LogP contribution in [0.2, 0.25) is 0 Å². The number of hydrogen-bond donors (Lipinski definition) is 2. The Morgan fingerprint density at radius 1 is 0.767 bits per heavy atom. The van der Waals surface area contributed by atoms with E-state index in [2.05, 4.69) is 86.3 Å². The molecule has 0 atom stereocenters. The maximum Gasteiger partial charge on any atom is 0.307 e. The number of aryl methyl sites for hydroxylation is 1. The van der Waals surface area contributed by atoms with Gasteiger partial charge >= 0.3 is 5.97 Å². The van der Waals surface area contributed by atoms with Gasteiger partial charge in [-0.3, -0.25) is 14.6 Å². The molecule has 3 aromatic rings. The van der Waals surface area contributed by atoms with Crippen molar-refractivity contribution in [2.75, 3.05) is 39.3 Å². The number of aromatic nitrogens is 4. The van der Waals surface area contributed by atoms with Gasteiger partial charge in [0, 0.05) is 32.0 Å². The number of nitrogens with one attached hydrogen (secondary N) is 2. The zero-order chi connectivity index (χ0) is 30.7. The van der Waals surface area contributed by atoms with Crippen molar-refractivity contribution in [3.63, 3.8) is 0 Å². The Morgan fingerprint density at radius 2 is 1.44 bits per heavy atom. The van der Waals surface area contributed by atoms with Gasteiger partial charge in [0.1, 0.15) is 24.8 Å². The van der Waals surface area contributed by atoms with Crippen molar-refractivity contribution >= 4 is 5.97 Å². The monoisotopic (exact) mass is 594 g/mol. The van der Waals surface area contributed by atoms with Gasteiger partial charge in [0.2, 0.25) is 0 Å². The normalized spacial score (nSPS) is 11.7. The van der Waals surface area contributed by atoms with Gasteiger partial charge in [-0.15, -0.1) is 0 Å². The lowest BCUT2D eigenvalue weighted by atomic mass is 10.1. The van der Waals surface area contributed by atoms with Crippen molar-refractivity contribution < 1.29 is 14.1 Å². The summed E-state index contributed by atoms with van der Waals surface area (Å²) in [6, 6.07) is 8.96. The fourth-order valence-corrected chi connectivity index (χ4v) is 5.40. The standard InChI is InChI=1S/C34H55N7O2/c1-5-8-25-43-34(42)15-23-40(22-10-9-21-39(19-6-2)20-7-3)26-30-11-13-31(14-12-30)27-41(28-32-35-16-17-36-32)29-33-37-18-24-38(33)4/h11-14,16-18,24H,5-10,15,19-23,25-29H2,1-4H3,(H,35,36)/p+1. The van der Waals surface area contributed by atoms with Gasteiger partial charge in [0.25, 0.3) is 5.82 Å². The number of rotatable bonds is 23. The number of esters is 1. The molecule has 2 heterocycles. The van der Waals surface area contributed by atoms with Crippen molar-refractivity contribution in [1.29, 1.82) is 0 Å². The molecule has 0 unspecified atom stereocenters. The van der Waals surface area contributed by atoms with E-state index in [1.165, 1.54) is 43.5 Å². The maximum absolute atomic E-state index is 12.4. The molecule has 0 aliphatic rings. The number of hydrogen-bond acceptors (Lipinski definition) is 6. The van der Waals surface area contributed by atoms with Crippen LogP contribution < -0.4 is 4.57 Å². The van der Waals surface area contributed by atoms with E-state index in [0.717, 1.165) is 76.7 Å². The molecule has 1 aromatic carbocycles. The molecule has 43 heavy (non-hydrogen) atoms. The number of ether oxygens (including phenoxy) is 1. The summed E-state index contributed by atoms with van der Waals surface area (Å²) in [5.41, 5.74) is 2.54. The molecule has 2 aromatic heterocycles. The van der Waals surface area contributed by atoms with E-state index in [0.29, 0.717) is 13.0 Å². The highest BCUT2D eigenvalue weighted by Gasteiger charge is 2.16. The molecule has 0 saturated carbocycles. The molecule has 0 bridgehead atoms. The average Bonchev–Trinajstić information content (AvgIpc) is 3.66. The fraction of sp³-hybridized carbons (Fsp3) is 0.618. The highest BCUT2D eigenvalue weighted by Crippen LogP contribution is 2.14. The lowest BCUT2D eigenvalue weighted by Gasteiger charge is -2.24. The van der Waals surface area contributed by atoms with Crippen LogP contribution >= 0.6 is 0 Å². The summed E-state index contributed by atoms with van der Waals surface area (Å²) in [4.78, 5) is 30.8. The summed E-state index contributed by atoms with van der Waals surface area (Å²) in [6.45, 7) is 15.6. The number of aromatic amines is 2. The zero-order valence-corrected chi connectivity index (χ0v) is 27.2. The maximum atomic E-state index is 12.4. The summed E-state index contributed by atoms with van der Waals surface area (Å²) in [5, 5.41) is 0. The van der Waals surface area contributed by atoms with Crippen LogP contribution in [0.25, 0.3) is 0 Å². The highest BCUT2D eigenvalue weighted by atomic mass is 16.5. The van der Waals surface area contributed by atoms with Crippen LogP contribution in [0.5, 0.6) is 0 Å². The molecule has 0 amide bonds. The molecule has 9 nitrogen and oxygen atoms in total. The van der Waals surface area contributed by atoms with E-state index in [4.69, 9.17) is 4.74 Å². The number of imidazole rings is 2. The van der Waals surface area contributed by atoms with Crippen LogP contribution in [0.15, 0.2) is 49.1 Å². The van der Waals surface area contributed by atoms with Gasteiger partial charge in [-0.1, -0.05) is 51.5 Å². The Balaban J connectivity index is 1.58. The van der Waals surface area contributed by atoms with E-state index in [1.807, 2.05) is 18.6 Å². The molecular formula is C34H56N7O2+. The largest absolute Gasteiger partial charge is 0.466 e. The SMILES string of the molecule is CCCCOC(=O)CCN(CCCCN(CCC)CCC)Cc1ccc(CN(Cc2ncc[nH]2)Cc2[nH]cc[n+]2C)cc1. The fourth-order valence-electron chi connectivity index (χ4n) is 5.40. The molecule has 0 saturated heterocycles. The Hall–Kier alpha value is -3.01. The summed E-state index contributed by atoms with van der Waals surface area (Å²) in [5.74, 6) is 2.03. The number of carbonyl (C=O) groups excluding carboxylic acids is 1. The van der Waals surface area contributed by atoms with Crippen LogP contribution in [0.1, 0.15) is 88.5 Å². The van der Waals surface area contributed by atoms with Gasteiger partial charge < -0.3 is 14.6 Å². The zero-order valence-electron chi connectivity index (χ0n) is 27.2. The van der Waals surface area contributed by atoms with Gasteiger partial charge in [0.05, 0.1) is 26.6 Å². The predicted octanol–water partition coefficient (Wildman–Crippen LogP) is 5.20. The number of nitrogens with zero attached hydrogens (tertiary/aromatic N) is 5. The van der Waals surface area contributed by atoms with Gasteiger partial charge in [-0.05, 0) is 69.4 Å². The van der Waals surface area contributed by atoms with E-state index in [9.17, 15) is 4.79 Å². The smallest absolute Gasteiger partial charge is 0.307 e. The van der Waals surface area contributed by atoms with E-state index >= 15 is 0 Å². The van der Waals surface area contributed by atoms with Gasteiger partial charge in [-0.2, -0.15) is 0 Å². The van der Waals surface area contributed by atoms with Crippen LogP contribution in [-0.4, -0.2) is 75.0 Å². The van der Waals surface area contributed by atoms with Gasteiger partial charge in [0.15, 0.2) is 0 Å². The molecule has 238 valence electrons. The first-order chi connectivity index (χ1) is 21.0. The summed E-state index contributed by atoms with van der Waals surface area (Å²) >= 11 is 0. The van der Waals surface area contributed by atoms with Gasteiger partial charge in [-0.25, -0.2) is 14.5 Å². The Morgan fingerprint density at radius 3 is 2.02 bits per heavy atom.